The molecule has 0 radical (unpaired) electrons. The van der Waals surface area contributed by atoms with Crippen molar-refractivity contribution in [3.8, 4) is 16.2 Å². The maximum Gasteiger partial charge on any atom is 0.231 e. The first-order chi connectivity index (χ1) is 11.3. The lowest BCUT2D eigenvalue weighted by molar-refractivity contribution is -0.129. The summed E-state index contributed by atoms with van der Waals surface area (Å²) in [5.74, 6) is 0.917. The second kappa shape index (κ2) is 5.94. The normalized spacial score (nSPS) is 20.9. The predicted molar refractivity (Wildman–Crippen MR) is 96.6 cm³/mol. The van der Waals surface area contributed by atoms with Gasteiger partial charge in [0.2, 0.25) is 5.91 Å². The number of nitrogens with one attached hydrogen (secondary N) is 2. The highest BCUT2D eigenvalue weighted by molar-refractivity contribution is 7.15. The van der Waals surface area contributed by atoms with E-state index in [1.54, 1.807) is 25.5 Å². The number of hydrogen-bond donors (Lipinski definition) is 2. The van der Waals surface area contributed by atoms with Crippen LogP contribution in [0.25, 0.3) is 10.4 Å². The average Bonchev–Trinajstić information content (AvgIpc) is 2.95. The predicted octanol–water partition coefficient (Wildman–Crippen LogP) is 3.33. The SMILES string of the molecule is COc1cccc(-c2sc([C@]3(C)CC(=O)N(C)C(=N)N3)cc2C)c1. The highest BCUT2D eigenvalue weighted by atomic mass is 32.1. The van der Waals surface area contributed by atoms with Crippen molar-refractivity contribution < 1.29 is 9.53 Å². The molecule has 0 bridgehead atoms. The van der Waals surface area contributed by atoms with Gasteiger partial charge in [-0.1, -0.05) is 12.1 Å². The second-order valence-corrected chi connectivity index (χ2v) is 7.34. The smallest absolute Gasteiger partial charge is 0.231 e. The minimum absolute atomic E-state index is 0.0461. The molecule has 5 nitrogen and oxygen atoms in total. The quantitative estimate of drug-likeness (QED) is 0.898. The molecular weight excluding hydrogens is 322 g/mol. The molecule has 1 saturated heterocycles. The third kappa shape index (κ3) is 2.78. The van der Waals surface area contributed by atoms with Crippen molar-refractivity contribution in [1.29, 1.82) is 5.41 Å². The number of amides is 1. The summed E-state index contributed by atoms with van der Waals surface area (Å²) in [4.78, 5) is 15.7. The number of methoxy groups -OCH3 is 1. The largest absolute Gasteiger partial charge is 0.497 e. The summed E-state index contributed by atoms with van der Waals surface area (Å²) >= 11 is 1.66. The standard InChI is InChI=1S/C18H21N3O2S/c1-11-8-14(18(2)10-15(22)21(3)17(19)20-18)24-16(11)12-6-5-7-13(9-12)23-4/h5-9H,10H2,1-4H3,(H2,19,20)/t18-/m0/s1. The number of benzene rings is 1. The Labute approximate surface area is 145 Å². The van der Waals surface area contributed by atoms with Crippen LogP contribution < -0.4 is 10.1 Å². The van der Waals surface area contributed by atoms with Crippen molar-refractivity contribution in [2.75, 3.05) is 14.2 Å². The van der Waals surface area contributed by atoms with E-state index in [0.717, 1.165) is 26.6 Å². The van der Waals surface area contributed by atoms with Crippen molar-refractivity contribution in [3.63, 3.8) is 0 Å². The Morgan fingerprint density at radius 1 is 1.38 bits per heavy atom. The summed E-state index contributed by atoms with van der Waals surface area (Å²) in [6.45, 7) is 4.05. The molecule has 0 unspecified atom stereocenters. The van der Waals surface area contributed by atoms with Crippen LogP contribution in [0.5, 0.6) is 5.75 Å². The molecule has 0 aliphatic carbocycles. The number of ether oxygens (including phenoxy) is 1. The zero-order valence-corrected chi connectivity index (χ0v) is 15.1. The van der Waals surface area contributed by atoms with Crippen LogP contribution in [-0.4, -0.2) is 30.9 Å². The van der Waals surface area contributed by atoms with Crippen molar-refractivity contribution in [1.82, 2.24) is 10.2 Å². The first-order valence-electron chi connectivity index (χ1n) is 7.72. The number of aryl methyl sites for hydroxylation is 1. The van der Waals surface area contributed by atoms with Crippen LogP contribution in [-0.2, 0) is 10.3 Å². The molecule has 126 valence electrons. The highest BCUT2D eigenvalue weighted by Gasteiger charge is 2.39. The van der Waals surface area contributed by atoms with E-state index in [-0.39, 0.29) is 11.9 Å². The Hall–Kier alpha value is -2.34. The lowest BCUT2D eigenvalue weighted by Crippen LogP contribution is -2.57. The number of rotatable bonds is 3. The van der Waals surface area contributed by atoms with Crippen LogP contribution in [0.1, 0.15) is 23.8 Å². The molecule has 3 rings (SSSR count). The number of guanidine groups is 1. The van der Waals surface area contributed by atoms with E-state index < -0.39 is 5.54 Å². The fourth-order valence-corrected chi connectivity index (χ4v) is 4.16. The zero-order valence-electron chi connectivity index (χ0n) is 14.3. The number of hydrogen-bond acceptors (Lipinski definition) is 4. The minimum Gasteiger partial charge on any atom is -0.497 e. The van der Waals surface area contributed by atoms with Gasteiger partial charge in [-0.15, -0.1) is 11.3 Å². The summed E-state index contributed by atoms with van der Waals surface area (Å²) in [6, 6.07) is 10.1. The monoisotopic (exact) mass is 343 g/mol. The summed E-state index contributed by atoms with van der Waals surface area (Å²) in [5, 5.41) is 11.2. The second-order valence-electron chi connectivity index (χ2n) is 6.29. The van der Waals surface area contributed by atoms with E-state index in [1.807, 2.05) is 25.1 Å². The van der Waals surface area contributed by atoms with E-state index in [1.165, 1.54) is 4.90 Å². The van der Waals surface area contributed by atoms with Crippen molar-refractivity contribution in [3.05, 3.63) is 40.8 Å². The molecule has 2 aromatic rings. The topological polar surface area (TPSA) is 65.4 Å². The van der Waals surface area contributed by atoms with E-state index >= 15 is 0 Å². The van der Waals surface area contributed by atoms with E-state index in [4.69, 9.17) is 10.1 Å². The summed E-state index contributed by atoms with van der Waals surface area (Å²) < 4.78 is 5.31. The summed E-state index contributed by atoms with van der Waals surface area (Å²) in [7, 11) is 3.28. The van der Waals surface area contributed by atoms with Crippen LogP contribution in [0.4, 0.5) is 0 Å². The van der Waals surface area contributed by atoms with Gasteiger partial charge in [0.1, 0.15) is 5.75 Å². The van der Waals surface area contributed by atoms with Gasteiger partial charge in [-0.25, -0.2) is 0 Å². The average molecular weight is 343 g/mol. The lowest BCUT2D eigenvalue weighted by Gasteiger charge is -2.38. The van der Waals surface area contributed by atoms with E-state index in [9.17, 15) is 4.79 Å². The number of nitrogens with zero attached hydrogens (tertiary/aromatic N) is 1. The van der Waals surface area contributed by atoms with Gasteiger partial charge in [-0.05, 0) is 43.2 Å². The van der Waals surface area contributed by atoms with Gasteiger partial charge in [-0.2, -0.15) is 0 Å². The van der Waals surface area contributed by atoms with Gasteiger partial charge in [0.05, 0.1) is 19.1 Å². The van der Waals surface area contributed by atoms with E-state index in [2.05, 4.69) is 24.4 Å². The minimum atomic E-state index is -0.548. The molecule has 1 aliphatic rings. The molecule has 1 aliphatic heterocycles. The summed E-state index contributed by atoms with van der Waals surface area (Å²) in [6.07, 6.45) is 0.337. The van der Waals surface area contributed by atoms with Crippen LogP contribution in [0.3, 0.4) is 0 Å². The third-order valence-electron chi connectivity index (χ3n) is 4.40. The Kier molecular flexibility index (Phi) is 4.09. The highest BCUT2D eigenvalue weighted by Crippen LogP contribution is 2.40. The van der Waals surface area contributed by atoms with Crippen molar-refractivity contribution in [2.24, 2.45) is 0 Å². The molecular formula is C18H21N3O2S. The molecule has 0 spiro atoms. The van der Waals surface area contributed by atoms with E-state index in [0.29, 0.717) is 6.42 Å². The van der Waals surface area contributed by atoms with Crippen LogP contribution in [0.15, 0.2) is 30.3 Å². The van der Waals surface area contributed by atoms with Crippen LogP contribution >= 0.6 is 11.3 Å². The Bertz CT molecular complexity index is 794. The number of carbonyl (C=O) groups is 1. The molecule has 1 aromatic carbocycles. The van der Waals surface area contributed by atoms with Gasteiger partial charge in [0, 0.05) is 16.8 Å². The van der Waals surface area contributed by atoms with Crippen molar-refractivity contribution in [2.45, 2.75) is 25.8 Å². The Morgan fingerprint density at radius 3 is 2.79 bits per heavy atom. The first-order valence-corrected chi connectivity index (χ1v) is 8.54. The molecule has 1 amide bonds. The van der Waals surface area contributed by atoms with Gasteiger partial charge >= 0.3 is 0 Å². The molecule has 24 heavy (non-hydrogen) atoms. The fraction of sp³-hybridized carbons (Fsp3) is 0.333. The van der Waals surface area contributed by atoms with Gasteiger partial charge in [0.25, 0.3) is 0 Å². The lowest BCUT2D eigenvalue weighted by atomic mass is 9.92. The van der Waals surface area contributed by atoms with Gasteiger partial charge in [-0.3, -0.25) is 15.1 Å². The Morgan fingerprint density at radius 2 is 2.12 bits per heavy atom. The van der Waals surface area contributed by atoms with Gasteiger partial charge in [0.15, 0.2) is 5.96 Å². The third-order valence-corrected chi connectivity index (χ3v) is 5.95. The molecule has 2 heterocycles. The first kappa shape index (κ1) is 16.5. The van der Waals surface area contributed by atoms with Crippen molar-refractivity contribution >= 4 is 23.2 Å². The van der Waals surface area contributed by atoms with Gasteiger partial charge < -0.3 is 10.1 Å². The molecule has 2 N–H and O–H groups in total. The maximum atomic E-state index is 12.2. The number of carbonyl (C=O) groups excluding carboxylic acids is 1. The Balaban J connectivity index is 1.99. The van der Waals surface area contributed by atoms with Crippen LogP contribution in [0, 0.1) is 12.3 Å². The number of thiophene rings is 1. The fourth-order valence-electron chi connectivity index (χ4n) is 2.89. The maximum absolute atomic E-state index is 12.2. The molecule has 1 aromatic heterocycles. The summed E-state index contributed by atoms with van der Waals surface area (Å²) in [5.41, 5.74) is 1.71. The molecule has 1 atom stereocenters. The molecule has 6 heteroatoms. The van der Waals surface area contributed by atoms with Crippen LogP contribution in [0.2, 0.25) is 0 Å². The zero-order chi connectivity index (χ0) is 17.5. The molecule has 1 fully saturated rings. The molecule has 0 saturated carbocycles.